The number of nitrogens with two attached hydrogens (primary N) is 1. The molecular weight excluding hydrogens is 250 g/mol. The first-order valence-electron chi connectivity index (χ1n) is 5.72. The van der Waals surface area contributed by atoms with Gasteiger partial charge >= 0.3 is 6.03 Å². The maximum Gasteiger partial charge on any atom is 0.319 e. The summed E-state index contributed by atoms with van der Waals surface area (Å²) in [6, 6.07) is 5.02. The summed E-state index contributed by atoms with van der Waals surface area (Å²) in [5.41, 5.74) is 7.88. The fraction of sp³-hybridized carbons (Fsp3) is 0.333. The van der Waals surface area contributed by atoms with Crippen LogP contribution in [0.3, 0.4) is 0 Å². The smallest absolute Gasteiger partial charge is 0.319 e. The molecule has 18 heavy (non-hydrogen) atoms. The Labute approximate surface area is 111 Å². The molecule has 3 N–H and O–H groups in total. The van der Waals surface area contributed by atoms with Crippen molar-refractivity contribution < 1.29 is 9.59 Å². The lowest BCUT2D eigenvalue weighted by Gasteiger charge is -2.14. The normalized spacial score (nSPS) is 13.3. The van der Waals surface area contributed by atoms with Gasteiger partial charge in [-0.3, -0.25) is 9.69 Å². The number of thiol groups is 1. The minimum absolute atomic E-state index is 0.0605. The first-order chi connectivity index (χ1) is 8.61. The predicted molar refractivity (Wildman–Crippen MR) is 74.2 cm³/mol. The Morgan fingerprint density at radius 2 is 2.22 bits per heavy atom. The minimum atomic E-state index is -0.444. The van der Waals surface area contributed by atoms with Crippen LogP contribution in [0.4, 0.5) is 16.2 Å². The van der Waals surface area contributed by atoms with Crippen LogP contribution >= 0.6 is 12.6 Å². The van der Waals surface area contributed by atoms with E-state index in [-0.39, 0.29) is 5.91 Å². The van der Waals surface area contributed by atoms with Gasteiger partial charge in [-0.1, -0.05) is 0 Å². The maximum atomic E-state index is 11.4. The van der Waals surface area contributed by atoms with Gasteiger partial charge in [-0.2, -0.15) is 12.6 Å². The number of primary amides is 1. The summed E-state index contributed by atoms with van der Waals surface area (Å²) in [6.07, 6.45) is 1.14. The fourth-order valence-corrected chi connectivity index (χ4v) is 2.24. The third-order valence-electron chi connectivity index (χ3n) is 2.86. The Bertz CT molecular complexity index is 490. The zero-order valence-electron chi connectivity index (χ0n) is 9.85. The van der Waals surface area contributed by atoms with Crippen molar-refractivity contribution in [3.05, 3.63) is 23.8 Å². The number of hydrogen-bond donors (Lipinski definition) is 3. The molecule has 6 heteroatoms. The monoisotopic (exact) mass is 265 g/mol. The number of rotatable bonds is 3. The summed E-state index contributed by atoms with van der Waals surface area (Å²) >= 11 is 4.01. The molecule has 5 nitrogen and oxygen atoms in total. The van der Waals surface area contributed by atoms with Crippen molar-refractivity contribution >= 4 is 35.9 Å². The van der Waals surface area contributed by atoms with Crippen molar-refractivity contribution in [2.45, 2.75) is 12.8 Å². The average Bonchev–Trinajstić information content (AvgIpc) is 2.72. The van der Waals surface area contributed by atoms with Crippen LogP contribution in [0, 0.1) is 0 Å². The number of fused-ring (bicyclic) bond motifs is 1. The van der Waals surface area contributed by atoms with Crippen molar-refractivity contribution in [3.8, 4) is 0 Å². The Balaban J connectivity index is 2.14. The molecule has 0 saturated carbocycles. The highest BCUT2D eigenvalue weighted by Gasteiger charge is 2.22. The highest BCUT2D eigenvalue weighted by atomic mass is 32.1. The fourth-order valence-electron chi connectivity index (χ4n) is 2.03. The van der Waals surface area contributed by atoms with Gasteiger partial charge in [0.1, 0.15) is 0 Å². The van der Waals surface area contributed by atoms with E-state index in [0.717, 1.165) is 23.4 Å². The lowest BCUT2D eigenvalue weighted by molar-refractivity contribution is -0.115. The van der Waals surface area contributed by atoms with Crippen molar-refractivity contribution in [1.29, 1.82) is 0 Å². The number of nitrogens with zero attached hydrogens (tertiary/aromatic N) is 1. The minimum Gasteiger partial charge on any atom is -0.351 e. The molecule has 1 aromatic carbocycles. The van der Waals surface area contributed by atoms with E-state index < -0.39 is 6.03 Å². The zero-order valence-corrected chi connectivity index (χ0v) is 10.7. The van der Waals surface area contributed by atoms with Gasteiger partial charge in [0, 0.05) is 24.3 Å². The highest BCUT2D eigenvalue weighted by molar-refractivity contribution is 7.80. The molecular formula is C12H15N3O2S. The summed E-state index contributed by atoms with van der Waals surface area (Å²) in [7, 11) is 0. The molecule has 0 saturated heterocycles. The summed E-state index contributed by atoms with van der Waals surface area (Å²) in [4.78, 5) is 24.2. The van der Waals surface area contributed by atoms with Crippen LogP contribution in [0.1, 0.15) is 12.0 Å². The third-order valence-corrected chi connectivity index (χ3v) is 3.09. The van der Waals surface area contributed by atoms with E-state index in [1.54, 1.807) is 6.07 Å². The second-order valence-corrected chi connectivity index (χ2v) is 4.55. The molecule has 3 amide bonds. The van der Waals surface area contributed by atoms with Crippen molar-refractivity contribution in [2.75, 3.05) is 22.5 Å². The number of carbonyl (C=O) groups is 2. The van der Waals surface area contributed by atoms with Crippen LogP contribution in [0.15, 0.2) is 18.2 Å². The molecule has 0 unspecified atom stereocenters. The number of anilines is 2. The zero-order chi connectivity index (χ0) is 13.1. The topological polar surface area (TPSA) is 75.4 Å². The van der Waals surface area contributed by atoms with Crippen LogP contribution in [0.2, 0.25) is 0 Å². The number of amides is 3. The lowest BCUT2D eigenvalue weighted by atomic mass is 10.1. The van der Waals surface area contributed by atoms with Crippen LogP contribution in [-0.4, -0.2) is 24.2 Å². The number of benzene rings is 1. The molecule has 0 bridgehead atoms. The SMILES string of the molecule is NC(=O)N1CCc2cc(NC(=O)CCS)ccc21. The molecule has 0 fully saturated rings. The third kappa shape index (κ3) is 2.59. The second-order valence-electron chi connectivity index (χ2n) is 4.11. The summed E-state index contributed by atoms with van der Waals surface area (Å²) < 4.78 is 0. The molecule has 0 spiro atoms. The molecule has 1 aromatic rings. The number of nitrogens with one attached hydrogen (secondary N) is 1. The summed E-state index contributed by atoms with van der Waals surface area (Å²) in [6.45, 7) is 0.596. The van der Waals surface area contributed by atoms with E-state index in [9.17, 15) is 9.59 Å². The Kier molecular flexibility index (Phi) is 3.76. The molecule has 1 heterocycles. The molecule has 0 atom stereocenters. The van der Waals surface area contributed by atoms with Gasteiger partial charge < -0.3 is 11.1 Å². The summed E-state index contributed by atoms with van der Waals surface area (Å²) in [5.74, 6) is 0.460. The van der Waals surface area contributed by atoms with Gasteiger partial charge in [0.25, 0.3) is 0 Å². The van der Waals surface area contributed by atoms with E-state index >= 15 is 0 Å². The van der Waals surface area contributed by atoms with Crippen LogP contribution < -0.4 is 16.0 Å². The van der Waals surface area contributed by atoms with Crippen molar-refractivity contribution in [2.24, 2.45) is 5.73 Å². The maximum absolute atomic E-state index is 11.4. The molecule has 0 aliphatic carbocycles. The predicted octanol–water partition coefficient (Wildman–Crippen LogP) is 1.39. The van der Waals surface area contributed by atoms with Crippen molar-refractivity contribution in [1.82, 2.24) is 0 Å². The number of urea groups is 1. The van der Waals surface area contributed by atoms with Gasteiger partial charge in [-0.05, 0) is 35.9 Å². The van der Waals surface area contributed by atoms with Gasteiger partial charge in [-0.15, -0.1) is 0 Å². The van der Waals surface area contributed by atoms with E-state index in [2.05, 4.69) is 17.9 Å². The van der Waals surface area contributed by atoms with E-state index in [0.29, 0.717) is 18.7 Å². The van der Waals surface area contributed by atoms with Gasteiger partial charge in [0.15, 0.2) is 0 Å². The first-order valence-corrected chi connectivity index (χ1v) is 6.35. The molecule has 0 radical (unpaired) electrons. The molecule has 0 aromatic heterocycles. The van der Waals surface area contributed by atoms with Gasteiger partial charge in [0.05, 0.1) is 0 Å². The standard InChI is InChI=1S/C12H15N3O2S/c13-12(17)15-5-3-8-7-9(1-2-10(8)15)14-11(16)4-6-18/h1-2,7,18H,3-6H2,(H2,13,17)(H,14,16). The number of carbonyl (C=O) groups excluding carboxylic acids is 2. The van der Waals surface area contributed by atoms with Gasteiger partial charge in [0.2, 0.25) is 5.91 Å². The molecule has 2 rings (SSSR count). The average molecular weight is 265 g/mol. The van der Waals surface area contributed by atoms with Gasteiger partial charge in [-0.25, -0.2) is 4.79 Å². The van der Waals surface area contributed by atoms with E-state index in [4.69, 9.17) is 5.73 Å². The quantitative estimate of drug-likeness (QED) is 0.722. The van der Waals surface area contributed by atoms with Crippen LogP contribution in [-0.2, 0) is 11.2 Å². The van der Waals surface area contributed by atoms with Crippen LogP contribution in [0.25, 0.3) is 0 Å². The van der Waals surface area contributed by atoms with Crippen LogP contribution in [0.5, 0.6) is 0 Å². The number of hydrogen-bond acceptors (Lipinski definition) is 3. The Morgan fingerprint density at radius 3 is 2.89 bits per heavy atom. The molecule has 96 valence electrons. The van der Waals surface area contributed by atoms with E-state index in [1.165, 1.54) is 4.90 Å². The second kappa shape index (κ2) is 5.30. The summed E-state index contributed by atoms with van der Waals surface area (Å²) in [5, 5.41) is 2.79. The highest BCUT2D eigenvalue weighted by Crippen LogP contribution is 2.30. The molecule has 1 aliphatic rings. The molecule has 1 aliphatic heterocycles. The van der Waals surface area contributed by atoms with Crippen molar-refractivity contribution in [3.63, 3.8) is 0 Å². The Morgan fingerprint density at radius 1 is 1.44 bits per heavy atom. The lowest BCUT2D eigenvalue weighted by Crippen LogP contribution is -2.33. The van der Waals surface area contributed by atoms with E-state index in [1.807, 2.05) is 12.1 Å². The largest absolute Gasteiger partial charge is 0.351 e. The Hall–Kier alpha value is -1.69. The first kappa shape index (κ1) is 12.8.